The maximum Gasteiger partial charge on any atom is 0.299 e. The lowest BCUT2D eigenvalue weighted by atomic mass is 9.97. The Bertz CT molecular complexity index is 575. The number of rotatable bonds is 4. The lowest BCUT2D eigenvalue weighted by Gasteiger charge is -2.25. The van der Waals surface area contributed by atoms with E-state index in [-0.39, 0.29) is 16.0 Å². The number of halogens is 3. The molecule has 1 aromatic rings. The van der Waals surface area contributed by atoms with Gasteiger partial charge in [0.1, 0.15) is 5.82 Å². The fraction of sp³-hybridized carbons (Fsp3) is 0.429. The van der Waals surface area contributed by atoms with Gasteiger partial charge in [-0.2, -0.15) is 0 Å². The number of carbonyl (C=O) groups excluding carboxylic acids is 2. The molecule has 0 radical (unpaired) electrons. The van der Waals surface area contributed by atoms with Crippen LogP contribution in [0.3, 0.4) is 0 Å². The summed E-state index contributed by atoms with van der Waals surface area (Å²) in [5.74, 6) is -1.08. The Kier molecular flexibility index (Phi) is 4.64. The first-order chi connectivity index (χ1) is 9.36. The van der Waals surface area contributed by atoms with E-state index in [9.17, 15) is 14.0 Å². The van der Waals surface area contributed by atoms with Crippen LogP contribution in [0, 0.1) is 17.7 Å². The van der Waals surface area contributed by atoms with Crippen LogP contribution in [0.5, 0.6) is 0 Å². The van der Waals surface area contributed by atoms with Crippen LogP contribution in [0.2, 0.25) is 0 Å². The van der Waals surface area contributed by atoms with Crippen molar-refractivity contribution in [2.24, 2.45) is 11.8 Å². The van der Waals surface area contributed by atoms with Gasteiger partial charge in [0.15, 0.2) is 0 Å². The highest BCUT2D eigenvalue weighted by Gasteiger charge is 2.37. The molecule has 0 fully saturated rings. The first-order valence-corrected chi connectivity index (χ1v) is 8.19. The Hall–Kier alpha value is -0.750. The molecule has 1 amide bonds. The Balaban J connectivity index is 2.40. The number of alkyl halides is 1. The summed E-state index contributed by atoms with van der Waals surface area (Å²) in [5.41, 5.74) is 0.632. The minimum absolute atomic E-state index is 0.195. The third kappa shape index (κ3) is 2.68. The van der Waals surface area contributed by atoms with E-state index < -0.39 is 17.5 Å². The number of carbonyl (C=O) groups is 2. The zero-order chi connectivity index (χ0) is 15.0. The number of Topliss-reactive ketones (excluding diaryl/α,β-unsaturated/α-hetero) is 1. The summed E-state index contributed by atoms with van der Waals surface area (Å²) >= 11 is 6.46. The molecule has 1 unspecified atom stereocenters. The summed E-state index contributed by atoms with van der Waals surface area (Å²) in [5, 5.41) is 0.719. The van der Waals surface area contributed by atoms with E-state index in [0.717, 1.165) is 5.33 Å². The van der Waals surface area contributed by atoms with Gasteiger partial charge in [-0.15, -0.1) is 0 Å². The standard InChI is InChI=1S/C14H14Br2FNO2/c1-7(2)8(5-15)6-18-12-4-11(17)10(16)3-9(12)13(19)14(18)20/h3-4,7-8H,5-6H2,1-2H3. The Labute approximate surface area is 133 Å². The topological polar surface area (TPSA) is 37.4 Å². The molecular formula is C14H14Br2FNO2. The van der Waals surface area contributed by atoms with E-state index in [1.54, 1.807) is 0 Å². The molecule has 1 aromatic carbocycles. The Morgan fingerprint density at radius 2 is 1.95 bits per heavy atom. The van der Waals surface area contributed by atoms with E-state index in [4.69, 9.17) is 0 Å². The fourth-order valence-electron chi connectivity index (χ4n) is 2.14. The van der Waals surface area contributed by atoms with Crippen LogP contribution in [0.15, 0.2) is 16.6 Å². The van der Waals surface area contributed by atoms with E-state index in [0.29, 0.717) is 18.2 Å². The number of amides is 1. The van der Waals surface area contributed by atoms with Gasteiger partial charge >= 0.3 is 0 Å². The van der Waals surface area contributed by atoms with Crippen molar-refractivity contribution in [2.45, 2.75) is 13.8 Å². The average molecular weight is 407 g/mol. The summed E-state index contributed by atoms with van der Waals surface area (Å²) in [7, 11) is 0. The Morgan fingerprint density at radius 3 is 2.50 bits per heavy atom. The lowest BCUT2D eigenvalue weighted by molar-refractivity contribution is -0.114. The number of ketones is 1. The number of fused-ring (bicyclic) bond motifs is 1. The van der Waals surface area contributed by atoms with Crippen LogP contribution in [0.1, 0.15) is 24.2 Å². The fourth-order valence-corrected chi connectivity index (χ4v) is 3.44. The summed E-state index contributed by atoms with van der Waals surface area (Å²) in [6.07, 6.45) is 0. The van der Waals surface area contributed by atoms with Gasteiger partial charge in [-0.3, -0.25) is 9.59 Å². The van der Waals surface area contributed by atoms with Crippen molar-refractivity contribution in [3.05, 3.63) is 28.0 Å². The Morgan fingerprint density at radius 1 is 1.30 bits per heavy atom. The summed E-state index contributed by atoms with van der Waals surface area (Å²) < 4.78 is 13.9. The SMILES string of the molecule is CC(C)C(CBr)CN1C(=O)C(=O)c2cc(Br)c(F)cc21. The van der Waals surface area contributed by atoms with Gasteiger partial charge in [-0.05, 0) is 39.9 Å². The molecule has 1 atom stereocenters. The van der Waals surface area contributed by atoms with Crippen LogP contribution in [-0.2, 0) is 4.79 Å². The maximum absolute atomic E-state index is 13.7. The van der Waals surface area contributed by atoms with Crippen molar-refractivity contribution in [3.63, 3.8) is 0 Å². The second kappa shape index (κ2) is 5.93. The molecule has 0 aromatic heterocycles. The van der Waals surface area contributed by atoms with E-state index in [1.807, 2.05) is 0 Å². The first-order valence-electron chi connectivity index (χ1n) is 6.28. The molecule has 0 aliphatic carbocycles. The number of nitrogens with zero attached hydrogens (tertiary/aromatic N) is 1. The van der Waals surface area contributed by atoms with E-state index >= 15 is 0 Å². The van der Waals surface area contributed by atoms with Crippen molar-refractivity contribution in [1.82, 2.24) is 0 Å². The molecule has 1 aliphatic heterocycles. The largest absolute Gasteiger partial charge is 0.304 e. The number of anilines is 1. The van der Waals surface area contributed by atoms with Crippen molar-refractivity contribution < 1.29 is 14.0 Å². The zero-order valence-electron chi connectivity index (χ0n) is 11.1. The third-order valence-corrected chi connectivity index (χ3v) is 5.01. The molecule has 0 N–H and O–H groups in total. The summed E-state index contributed by atoms with van der Waals surface area (Å²) in [4.78, 5) is 25.4. The predicted octanol–water partition coefficient (Wildman–Crippen LogP) is 3.78. The third-order valence-electron chi connectivity index (χ3n) is 3.57. The van der Waals surface area contributed by atoms with Crippen LogP contribution >= 0.6 is 31.9 Å². The number of benzene rings is 1. The van der Waals surface area contributed by atoms with Gasteiger partial charge < -0.3 is 4.90 Å². The average Bonchev–Trinajstić information content (AvgIpc) is 2.61. The molecule has 6 heteroatoms. The van der Waals surface area contributed by atoms with Gasteiger partial charge in [0.05, 0.1) is 15.7 Å². The highest BCUT2D eigenvalue weighted by Crippen LogP contribution is 2.34. The summed E-state index contributed by atoms with van der Waals surface area (Å²) in [6, 6.07) is 2.62. The molecule has 1 aliphatic rings. The van der Waals surface area contributed by atoms with Crippen molar-refractivity contribution in [2.75, 3.05) is 16.8 Å². The molecule has 2 rings (SSSR count). The molecule has 0 spiro atoms. The molecular weight excluding hydrogens is 393 g/mol. The maximum atomic E-state index is 13.7. The second-order valence-electron chi connectivity index (χ2n) is 5.19. The van der Waals surface area contributed by atoms with E-state index in [1.165, 1.54) is 17.0 Å². The van der Waals surface area contributed by atoms with Crippen molar-refractivity contribution >= 4 is 49.2 Å². The highest BCUT2D eigenvalue weighted by atomic mass is 79.9. The number of hydrogen-bond donors (Lipinski definition) is 0. The van der Waals surface area contributed by atoms with Crippen LogP contribution < -0.4 is 4.90 Å². The molecule has 20 heavy (non-hydrogen) atoms. The van der Waals surface area contributed by atoms with Crippen LogP contribution in [0.4, 0.5) is 10.1 Å². The molecule has 108 valence electrons. The normalized spacial score (nSPS) is 16.0. The van der Waals surface area contributed by atoms with Crippen molar-refractivity contribution in [3.8, 4) is 0 Å². The van der Waals surface area contributed by atoms with Crippen LogP contribution in [0.25, 0.3) is 0 Å². The number of hydrogen-bond acceptors (Lipinski definition) is 2. The second-order valence-corrected chi connectivity index (χ2v) is 6.69. The predicted molar refractivity (Wildman–Crippen MR) is 82.9 cm³/mol. The highest BCUT2D eigenvalue weighted by molar-refractivity contribution is 9.10. The van der Waals surface area contributed by atoms with Crippen molar-refractivity contribution in [1.29, 1.82) is 0 Å². The monoisotopic (exact) mass is 405 g/mol. The summed E-state index contributed by atoms with van der Waals surface area (Å²) in [6.45, 7) is 4.51. The smallest absolute Gasteiger partial charge is 0.299 e. The lowest BCUT2D eigenvalue weighted by Crippen LogP contribution is -2.36. The molecule has 0 saturated heterocycles. The minimum atomic E-state index is -0.580. The van der Waals surface area contributed by atoms with Gasteiger partial charge in [-0.25, -0.2) is 4.39 Å². The minimum Gasteiger partial charge on any atom is -0.304 e. The molecule has 0 bridgehead atoms. The molecule has 1 heterocycles. The quantitative estimate of drug-likeness (QED) is 0.563. The van der Waals surface area contributed by atoms with Gasteiger partial charge in [0.25, 0.3) is 11.7 Å². The van der Waals surface area contributed by atoms with Gasteiger partial charge in [-0.1, -0.05) is 29.8 Å². The zero-order valence-corrected chi connectivity index (χ0v) is 14.3. The first kappa shape index (κ1) is 15.6. The van der Waals surface area contributed by atoms with E-state index in [2.05, 4.69) is 45.7 Å². The van der Waals surface area contributed by atoms with Gasteiger partial charge in [0, 0.05) is 11.9 Å². The van der Waals surface area contributed by atoms with Gasteiger partial charge in [0.2, 0.25) is 0 Å². The molecule has 0 saturated carbocycles. The molecule has 3 nitrogen and oxygen atoms in total. The van der Waals surface area contributed by atoms with Crippen LogP contribution in [-0.4, -0.2) is 23.6 Å².